The fourth-order valence-electron chi connectivity index (χ4n) is 6.95. The number of aliphatic hydroxyl groups excluding tert-OH is 1. The van der Waals surface area contributed by atoms with E-state index in [2.05, 4.69) is 26.8 Å². The molecule has 1 saturated heterocycles. The molecule has 1 atom stereocenters. The Hall–Kier alpha value is -4.58. The number of anilines is 2. The van der Waals surface area contributed by atoms with Gasteiger partial charge in [0.2, 0.25) is 11.8 Å². The maximum absolute atomic E-state index is 13.2. The Balaban J connectivity index is 0.898. The van der Waals surface area contributed by atoms with Crippen LogP contribution in [0.15, 0.2) is 42.6 Å². The van der Waals surface area contributed by atoms with Crippen LogP contribution in [-0.2, 0) is 9.59 Å². The second kappa shape index (κ2) is 10.8. The second-order valence-electron chi connectivity index (χ2n) is 13.1. The Kier molecular flexibility index (Phi) is 6.70. The molecule has 0 radical (unpaired) electrons. The monoisotopic (exact) mass is 609 g/mol. The van der Waals surface area contributed by atoms with E-state index in [1.807, 2.05) is 18.2 Å². The van der Waals surface area contributed by atoms with Gasteiger partial charge in [-0.3, -0.25) is 34.1 Å². The number of imide groups is 2. The molecule has 5 aliphatic rings. The van der Waals surface area contributed by atoms with Crippen LogP contribution < -0.4 is 16.0 Å². The summed E-state index contributed by atoms with van der Waals surface area (Å²) in [7, 11) is 0. The van der Waals surface area contributed by atoms with Crippen LogP contribution in [0.25, 0.3) is 11.3 Å². The van der Waals surface area contributed by atoms with Crippen molar-refractivity contribution in [2.75, 3.05) is 17.2 Å². The van der Waals surface area contributed by atoms with Crippen LogP contribution in [-0.4, -0.2) is 73.1 Å². The first-order chi connectivity index (χ1) is 21.8. The molecule has 4 fully saturated rings. The van der Waals surface area contributed by atoms with Crippen molar-refractivity contribution in [1.82, 2.24) is 25.0 Å². The molecule has 3 aromatic rings. The second-order valence-corrected chi connectivity index (χ2v) is 13.1. The van der Waals surface area contributed by atoms with Crippen LogP contribution in [0.4, 0.5) is 11.5 Å². The molecule has 2 aromatic heterocycles. The summed E-state index contributed by atoms with van der Waals surface area (Å²) in [5.74, 6) is -0.265. The fourth-order valence-corrected chi connectivity index (χ4v) is 6.95. The first kappa shape index (κ1) is 27.9. The average Bonchev–Trinajstić information content (AvgIpc) is 3.69. The van der Waals surface area contributed by atoms with Gasteiger partial charge in [0, 0.05) is 42.4 Å². The zero-order valence-corrected chi connectivity index (χ0v) is 24.7. The molecule has 12 heteroatoms. The Morgan fingerprint density at radius 3 is 2.49 bits per heavy atom. The lowest BCUT2D eigenvalue weighted by atomic mass is 9.80. The Bertz CT molecular complexity index is 1720. The normalized spacial score (nSPS) is 27.5. The lowest BCUT2D eigenvalue weighted by Crippen LogP contribution is -2.54. The first-order valence-electron chi connectivity index (χ1n) is 15.9. The van der Waals surface area contributed by atoms with Gasteiger partial charge in [-0.25, -0.2) is 4.98 Å². The molecule has 1 unspecified atom stereocenters. The Morgan fingerprint density at radius 1 is 0.933 bits per heavy atom. The largest absolute Gasteiger partial charge is 0.393 e. The molecule has 232 valence electrons. The zero-order valence-electron chi connectivity index (χ0n) is 24.7. The van der Waals surface area contributed by atoms with Gasteiger partial charge in [-0.1, -0.05) is 6.07 Å². The average molecular weight is 610 g/mol. The summed E-state index contributed by atoms with van der Waals surface area (Å²) in [6, 6.07) is 10.7. The Morgan fingerprint density at radius 2 is 1.73 bits per heavy atom. The predicted molar refractivity (Wildman–Crippen MR) is 163 cm³/mol. The number of aliphatic hydroxyl groups is 1. The molecule has 1 aromatic carbocycles. The van der Waals surface area contributed by atoms with Crippen LogP contribution >= 0.6 is 0 Å². The van der Waals surface area contributed by atoms with Gasteiger partial charge in [0.1, 0.15) is 11.9 Å². The minimum Gasteiger partial charge on any atom is -0.393 e. The van der Waals surface area contributed by atoms with Crippen molar-refractivity contribution in [3.8, 4) is 11.3 Å². The minimum atomic E-state index is -0.972. The molecule has 2 aliphatic heterocycles. The van der Waals surface area contributed by atoms with E-state index in [1.54, 1.807) is 18.2 Å². The number of nitrogens with zero attached hydrogens (tertiary/aromatic N) is 4. The molecule has 4 N–H and O–H groups in total. The van der Waals surface area contributed by atoms with Gasteiger partial charge in [-0.15, -0.1) is 0 Å². The smallest absolute Gasteiger partial charge is 0.262 e. The number of benzene rings is 1. The number of aromatic nitrogens is 3. The van der Waals surface area contributed by atoms with E-state index in [9.17, 15) is 24.3 Å². The quantitative estimate of drug-likeness (QED) is 0.267. The number of hydrogen-bond acceptors (Lipinski definition) is 9. The van der Waals surface area contributed by atoms with Crippen molar-refractivity contribution >= 4 is 35.1 Å². The van der Waals surface area contributed by atoms with Gasteiger partial charge in [0.05, 0.1) is 34.7 Å². The third-order valence-corrected chi connectivity index (χ3v) is 9.83. The van der Waals surface area contributed by atoms with E-state index >= 15 is 0 Å². The van der Waals surface area contributed by atoms with Gasteiger partial charge in [0.15, 0.2) is 0 Å². The number of carbonyl (C=O) groups is 4. The number of hydrogen-bond donors (Lipinski definition) is 4. The van der Waals surface area contributed by atoms with Crippen LogP contribution in [0.1, 0.15) is 89.7 Å². The predicted octanol–water partition coefficient (Wildman–Crippen LogP) is 3.22. The van der Waals surface area contributed by atoms with E-state index in [4.69, 9.17) is 10.1 Å². The number of piperidine rings is 1. The SMILES string of the molecule is O=C1CCC(N2C(=O)c3ccc(NCC4CC(n5cc(-c6cccc(NC7CC(O)C7)n6)c(C6CC6)n5)C4)cc3C2=O)C(=O)N1. The molecule has 12 nitrogen and oxygen atoms in total. The molecule has 4 amide bonds. The van der Waals surface area contributed by atoms with E-state index in [1.165, 1.54) is 0 Å². The van der Waals surface area contributed by atoms with Crippen molar-refractivity contribution in [2.45, 2.75) is 81.5 Å². The molecule has 0 spiro atoms. The summed E-state index contributed by atoms with van der Waals surface area (Å²) in [5, 5.41) is 23.8. The third-order valence-electron chi connectivity index (χ3n) is 9.83. The standard InChI is InChI=1S/C33H35N7O5/c41-22-12-20(13-22)35-28-3-1-2-26(36-28)25-16-39(38-30(25)18-4-5-18)21-10-17(11-21)15-34-19-6-7-23-24(14-19)33(45)40(32(23)44)27-8-9-29(42)37-31(27)43/h1-3,6-7,14,16-18,20-22,27,34,41H,4-5,8-13,15H2,(H,35,36)(H,37,42,43). The highest BCUT2D eigenvalue weighted by Crippen LogP contribution is 2.46. The zero-order chi connectivity index (χ0) is 30.8. The topological polar surface area (TPSA) is 159 Å². The molecule has 45 heavy (non-hydrogen) atoms. The summed E-state index contributed by atoms with van der Waals surface area (Å²) in [6.07, 6.45) is 7.92. The number of pyridine rings is 1. The third kappa shape index (κ3) is 5.16. The van der Waals surface area contributed by atoms with E-state index in [-0.39, 0.29) is 36.1 Å². The van der Waals surface area contributed by atoms with Gasteiger partial charge >= 0.3 is 0 Å². The summed E-state index contributed by atoms with van der Waals surface area (Å²) < 4.78 is 2.12. The summed E-state index contributed by atoms with van der Waals surface area (Å²) in [5.41, 5.74) is 4.45. The number of rotatable bonds is 9. The van der Waals surface area contributed by atoms with Gasteiger partial charge < -0.3 is 15.7 Å². The van der Waals surface area contributed by atoms with Crippen molar-refractivity contribution in [3.63, 3.8) is 0 Å². The Labute approximate surface area is 259 Å². The minimum absolute atomic E-state index is 0.0924. The number of nitrogens with one attached hydrogen (secondary N) is 3. The molecular weight excluding hydrogens is 574 g/mol. The van der Waals surface area contributed by atoms with Crippen molar-refractivity contribution in [1.29, 1.82) is 0 Å². The molecule has 4 heterocycles. The maximum atomic E-state index is 13.2. The van der Waals surface area contributed by atoms with Crippen molar-refractivity contribution < 1.29 is 24.3 Å². The highest BCUT2D eigenvalue weighted by Gasteiger charge is 2.44. The molecule has 3 saturated carbocycles. The van der Waals surface area contributed by atoms with Crippen molar-refractivity contribution in [2.24, 2.45) is 5.92 Å². The maximum Gasteiger partial charge on any atom is 0.262 e. The molecule has 0 bridgehead atoms. The molecular formula is C33H35N7O5. The molecule has 8 rings (SSSR count). The van der Waals surface area contributed by atoms with E-state index < -0.39 is 29.7 Å². The highest BCUT2D eigenvalue weighted by molar-refractivity contribution is 6.23. The van der Waals surface area contributed by atoms with Crippen LogP contribution in [0.3, 0.4) is 0 Å². The van der Waals surface area contributed by atoms with Crippen molar-refractivity contribution in [3.05, 3.63) is 59.4 Å². The lowest BCUT2D eigenvalue weighted by Gasteiger charge is -2.35. The van der Waals surface area contributed by atoms with Crippen LogP contribution in [0.5, 0.6) is 0 Å². The summed E-state index contributed by atoms with van der Waals surface area (Å²) in [4.78, 5) is 55.9. The van der Waals surface area contributed by atoms with E-state index in [0.717, 1.165) is 78.4 Å². The fraction of sp³-hybridized carbons (Fsp3) is 0.455. The molecule has 3 aliphatic carbocycles. The van der Waals surface area contributed by atoms with Gasteiger partial charge in [-0.2, -0.15) is 5.10 Å². The van der Waals surface area contributed by atoms with Gasteiger partial charge in [0.25, 0.3) is 11.8 Å². The number of amides is 4. The number of fused-ring (bicyclic) bond motifs is 1. The van der Waals surface area contributed by atoms with E-state index in [0.29, 0.717) is 17.9 Å². The lowest BCUT2D eigenvalue weighted by molar-refractivity contribution is -0.136. The first-order valence-corrected chi connectivity index (χ1v) is 15.9. The van der Waals surface area contributed by atoms with Gasteiger partial charge in [-0.05, 0) is 81.2 Å². The number of carbonyl (C=O) groups excluding carboxylic acids is 4. The highest BCUT2D eigenvalue weighted by atomic mass is 16.3. The van der Waals surface area contributed by atoms with Crippen LogP contribution in [0, 0.1) is 5.92 Å². The van der Waals surface area contributed by atoms with Crippen LogP contribution in [0.2, 0.25) is 0 Å². The summed E-state index contributed by atoms with van der Waals surface area (Å²) in [6.45, 7) is 0.725. The summed E-state index contributed by atoms with van der Waals surface area (Å²) >= 11 is 0.